The van der Waals surface area contributed by atoms with E-state index in [1.165, 1.54) is 0 Å². The highest BCUT2D eigenvalue weighted by Gasteiger charge is 2.10. The van der Waals surface area contributed by atoms with Crippen molar-refractivity contribution in [3.05, 3.63) is 60.2 Å². The fourth-order valence-corrected chi connectivity index (χ4v) is 2.53. The van der Waals surface area contributed by atoms with Crippen molar-refractivity contribution in [2.24, 2.45) is 0 Å². The molecule has 0 aliphatic carbocycles. The van der Waals surface area contributed by atoms with Gasteiger partial charge in [0.05, 0.1) is 23.8 Å². The average molecular weight is 333 g/mol. The minimum atomic E-state index is -0.233. The van der Waals surface area contributed by atoms with Gasteiger partial charge >= 0.3 is 0 Å². The Morgan fingerprint density at radius 2 is 1.84 bits per heavy atom. The van der Waals surface area contributed by atoms with E-state index in [0.717, 1.165) is 28.1 Å². The van der Waals surface area contributed by atoms with Gasteiger partial charge in [-0.1, -0.05) is 6.07 Å². The summed E-state index contributed by atoms with van der Waals surface area (Å²) in [5.41, 5.74) is 5.77. The van der Waals surface area contributed by atoms with Crippen LogP contribution in [0.4, 0.5) is 5.69 Å². The van der Waals surface area contributed by atoms with Gasteiger partial charge in [-0.15, -0.1) is 0 Å². The topological polar surface area (TPSA) is 79.8 Å². The standard InChI is InChI=1S/C19H19N5O/c1-12-4-5-14(20-2)9-15(12)18-11-22-10-17(24-18)13-6-7-23-16(8-13)19(25)21-3/h4-11,20H,1-3H3,(H,21,25). The Balaban J connectivity index is 2.04. The monoisotopic (exact) mass is 333 g/mol. The fraction of sp³-hybridized carbons (Fsp3) is 0.158. The van der Waals surface area contributed by atoms with Crippen molar-refractivity contribution in [2.75, 3.05) is 19.4 Å². The van der Waals surface area contributed by atoms with Crippen LogP contribution < -0.4 is 10.6 Å². The lowest BCUT2D eigenvalue weighted by Gasteiger charge is -2.10. The Labute approximate surface area is 146 Å². The second kappa shape index (κ2) is 7.09. The predicted octanol–water partition coefficient (Wildman–Crippen LogP) is 2.92. The van der Waals surface area contributed by atoms with Crippen LogP contribution in [0, 0.1) is 6.92 Å². The van der Waals surface area contributed by atoms with Crippen LogP contribution in [0.5, 0.6) is 0 Å². The molecule has 25 heavy (non-hydrogen) atoms. The number of hydrogen-bond acceptors (Lipinski definition) is 5. The molecule has 0 spiro atoms. The van der Waals surface area contributed by atoms with E-state index in [1.807, 2.05) is 38.2 Å². The van der Waals surface area contributed by atoms with Gasteiger partial charge in [0, 0.05) is 37.1 Å². The number of aryl methyl sites for hydroxylation is 1. The summed E-state index contributed by atoms with van der Waals surface area (Å²) < 4.78 is 0. The van der Waals surface area contributed by atoms with Crippen molar-refractivity contribution in [3.63, 3.8) is 0 Å². The van der Waals surface area contributed by atoms with E-state index in [9.17, 15) is 4.79 Å². The van der Waals surface area contributed by atoms with Crippen molar-refractivity contribution in [1.29, 1.82) is 0 Å². The molecule has 3 rings (SSSR count). The number of amides is 1. The van der Waals surface area contributed by atoms with Gasteiger partial charge in [-0.05, 0) is 36.8 Å². The number of rotatable bonds is 4. The highest BCUT2D eigenvalue weighted by atomic mass is 16.1. The Hall–Kier alpha value is -3.28. The number of benzene rings is 1. The molecular weight excluding hydrogens is 314 g/mol. The molecule has 0 bridgehead atoms. The lowest BCUT2D eigenvalue weighted by atomic mass is 10.0. The van der Waals surface area contributed by atoms with Gasteiger partial charge in [-0.2, -0.15) is 0 Å². The maximum absolute atomic E-state index is 11.8. The number of anilines is 1. The summed E-state index contributed by atoms with van der Waals surface area (Å²) in [6.07, 6.45) is 5.02. The van der Waals surface area contributed by atoms with Crippen LogP contribution in [0.15, 0.2) is 48.9 Å². The van der Waals surface area contributed by atoms with Crippen LogP contribution in [0.25, 0.3) is 22.5 Å². The first-order chi connectivity index (χ1) is 12.1. The Morgan fingerprint density at radius 3 is 2.60 bits per heavy atom. The summed E-state index contributed by atoms with van der Waals surface area (Å²) in [6.45, 7) is 2.04. The second-order valence-corrected chi connectivity index (χ2v) is 5.58. The van der Waals surface area contributed by atoms with E-state index in [1.54, 1.807) is 31.7 Å². The SMILES string of the molecule is CNC(=O)c1cc(-c2cncc(-c3cc(NC)ccc3C)n2)ccn1. The summed E-state index contributed by atoms with van der Waals surface area (Å²) in [7, 11) is 3.46. The van der Waals surface area contributed by atoms with Crippen LogP contribution in [0.1, 0.15) is 16.1 Å². The number of carbonyl (C=O) groups excluding carboxylic acids is 1. The zero-order valence-electron chi connectivity index (χ0n) is 14.4. The number of carbonyl (C=O) groups is 1. The van der Waals surface area contributed by atoms with Crippen molar-refractivity contribution in [1.82, 2.24) is 20.3 Å². The molecule has 6 nitrogen and oxygen atoms in total. The molecule has 1 amide bonds. The third-order valence-electron chi connectivity index (χ3n) is 3.95. The zero-order valence-corrected chi connectivity index (χ0v) is 14.4. The van der Waals surface area contributed by atoms with Crippen molar-refractivity contribution in [2.45, 2.75) is 6.92 Å². The number of hydrogen-bond donors (Lipinski definition) is 2. The highest BCUT2D eigenvalue weighted by molar-refractivity contribution is 5.93. The molecule has 2 heterocycles. The number of nitrogens with zero attached hydrogens (tertiary/aromatic N) is 3. The van der Waals surface area contributed by atoms with Crippen molar-refractivity contribution in [3.8, 4) is 22.5 Å². The van der Waals surface area contributed by atoms with Crippen LogP contribution in [0.3, 0.4) is 0 Å². The first-order valence-electron chi connectivity index (χ1n) is 7.91. The first kappa shape index (κ1) is 16.6. The smallest absolute Gasteiger partial charge is 0.269 e. The molecule has 1 aromatic carbocycles. The molecule has 126 valence electrons. The Kier molecular flexibility index (Phi) is 4.70. The summed E-state index contributed by atoms with van der Waals surface area (Å²) in [4.78, 5) is 24.9. The van der Waals surface area contributed by atoms with Crippen LogP contribution in [-0.4, -0.2) is 35.0 Å². The summed E-state index contributed by atoms with van der Waals surface area (Å²) in [5.74, 6) is -0.233. The number of pyridine rings is 1. The zero-order chi connectivity index (χ0) is 17.8. The van der Waals surface area contributed by atoms with Crippen molar-refractivity contribution >= 4 is 11.6 Å². The van der Waals surface area contributed by atoms with Crippen LogP contribution in [0.2, 0.25) is 0 Å². The molecule has 0 saturated heterocycles. The summed E-state index contributed by atoms with van der Waals surface area (Å²) in [6, 6.07) is 9.65. The highest BCUT2D eigenvalue weighted by Crippen LogP contribution is 2.26. The molecule has 0 atom stereocenters. The van der Waals surface area contributed by atoms with Crippen LogP contribution in [-0.2, 0) is 0 Å². The average Bonchev–Trinajstić information content (AvgIpc) is 2.68. The molecule has 0 fully saturated rings. The van der Waals surface area contributed by atoms with Crippen LogP contribution >= 0.6 is 0 Å². The van der Waals surface area contributed by atoms with Gasteiger partial charge in [0.25, 0.3) is 5.91 Å². The quantitative estimate of drug-likeness (QED) is 0.767. The van der Waals surface area contributed by atoms with E-state index in [4.69, 9.17) is 4.98 Å². The molecule has 2 N–H and O–H groups in total. The second-order valence-electron chi connectivity index (χ2n) is 5.58. The van der Waals surface area contributed by atoms with E-state index in [2.05, 4.69) is 20.6 Å². The lowest BCUT2D eigenvalue weighted by Crippen LogP contribution is -2.19. The third-order valence-corrected chi connectivity index (χ3v) is 3.95. The Bertz CT molecular complexity index is 923. The molecule has 0 aliphatic rings. The molecule has 0 aliphatic heterocycles. The van der Waals surface area contributed by atoms with Gasteiger partial charge in [-0.3, -0.25) is 14.8 Å². The van der Waals surface area contributed by atoms with Gasteiger partial charge < -0.3 is 10.6 Å². The predicted molar refractivity (Wildman–Crippen MR) is 98.4 cm³/mol. The number of nitrogens with one attached hydrogen (secondary N) is 2. The molecule has 0 unspecified atom stereocenters. The van der Waals surface area contributed by atoms with Gasteiger partial charge in [0.15, 0.2) is 0 Å². The third kappa shape index (κ3) is 3.47. The molecule has 0 saturated carbocycles. The minimum Gasteiger partial charge on any atom is -0.388 e. The summed E-state index contributed by atoms with van der Waals surface area (Å²) in [5, 5.41) is 5.71. The largest absolute Gasteiger partial charge is 0.388 e. The van der Waals surface area contributed by atoms with Crippen molar-refractivity contribution < 1.29 is 4.79 Å². The van der Waals surface area contributed by atoms with E-state index < -0.39 is 0 Å². The normalized spacial score (nSPS) is 10.4. The number of aromatic nitrogens is 3. The molecular formula is C19H19N5O. The van der Waals surface area contributed by atoms with Gasteiger partial charge in [-0.25, -0.2) is 4.98 Å². The van der Waals surface area contributed by atoms with Gasteiger partial charge in [0.2, 0.25) is 0 Å². The fourth-order valence-electron chi connectivity index (χ4n) is 2.53. The molecule has 3 aromatic rings. The molecule has 2 aromatic heterocycles. The minimum absolute atomic E-state index is 0.233. The van der Waals surface area contributed by atoms with Gasteiger partial charge in [0.1, 0.15) is 5.69 Å². The van der Waals surface area contributed by atoms with E-state index >= 15 is 0 Å². The maximum atomic E-state index is 11.8. The lowest BCUT2D eigenvalue weighted by molar-refractivity contribution is 0.0958. The van der Waals surface area contributed by atoms with E-state index in [-0.39, 0.29) is 5.91 Å². The Morgan fingerprint density at radius 1 is 1.04 bits per heavy atom. The van der Waals surface area contributed by atoms with E-state index in [0.29, 0.717) is 11.4 Å². The molecule has 6 heteroatoms. The molecule has 0 radical (unpaired) electrons. The first-order valence-corrected chi connectivity index (χ1v) is 7.91. The summed E-state index contributed by atoms with van der Waals surface area (Å²) >= 11 is 0. The maximum Gasteiger partial charge on any atom is 0.269 e.